The minimum absolute atomic E-state index is 0.0410. The normalized spacial score (nSPS) is 27.7. The number of likely N-dealkylation sites (tertiary alicyclic amines) is 2. The van der Waals surface area contributed by atoms with Crippen LogP contribution in [-0.4, -0.2) is 69.8 Å². The van der Waals surface area contributed by atoms with E-state index in [2.05, 4.69) is 9.88 Å². The summed E-state index contributed by atoms with van der Waals surface area (Å²) in [4.78, 5) is 34.8. The van der Waals surface area contributed by atoms with Crippen LogP contribution in [0.1, 0.15) is 36.1 Å². The van der Waals surface area contributed by atoms with Crippen LogP contribution in [0.25, 0.3) is 0 Å². The molecule has 0 radical (unpaired) electrons. The standard InChI is InChI=1S/C23H28N4O4/c1-31-22-15(4-3-8-24-22)11-25-12-16-10-17(13-25)21(23(30)26-9-7-18(28)14-26)27-19(16)5-2-6-20(27)29/h2-6,8,16-18,21,28H,7,9-14H2,1H3/t16-,17+,18-,21+/m0/s1. The molecule has 2 aromatic rings. The molecule has 31 heavy (non-hydrogen) atoms. The molecule has 3 aliphatic rings. The van der Waals surface area contributed by atoms with Crippen molar-refractivity contribution >= 4 is 5.91 Å². The van der Waals surface area contributed by atoms with Gasteiger partial charge in [-0.25, -0.2) is 4.98 Å². The number of amides is 1. The highest BCUT2D eigenvalue weighted by Gasteiger charge is 2.45. The number of aromatic nitrogens is 2. The second-order valence-electron chi connectivity index (χ2n) is 8.89. The number of β-amino-alcohol motifs (C(OH)–C–C–N with tert-alkyl or cyclic N) is 1. The average molecular weight is 425 g/mol. The third-order valence-corrected chi connectivity index (χ3v) is 6.89. The SMILES string of the molecule is COc1ncccc1CN1C[C@@H]2C[C@H](C1)[C@H](C(=O)N1CC[C@H](O)C1)n1c2cccc1=O. The van der Waals surface area contributed by atoms with E-state index in [1.807, 2.05) is 18.2 Å². The Morgan fingerprint density at radius 1 is 1.23 bits per heavy atom. The third kappa shape index (κ3) is 3.64. The molecule has 0 saturated carbocycles. The number of methoxy groups -OCH3 is 1. The summed E-state index contributed by atoms with van der Waals surface area (Å²) in [5.74, 6) is 0.812. The van der Waals surface area contributed by atoms with E-state index < -0.39 is 12.1 Å². The van der Waals surface area contributed by atoms with Crippen LogP contribution >= 0.6 is 0 Å². The molecule has 8 nitrogen and oxygen atoms in total. The number of carbonyl (C=O) groups is 1. The molecule has 1 N–H and O–H groups in total. The monoisotopic (exact) mass is 424 g/mol. The Balaban J connectivity index is 1.48. The van der Waals surface area contributed by atoms with Crippen molar-refractivity contribution in [3.05, 3.63) is 58.1 Å². The van der Waals surface area contributed by atoms with Gasteiger partial charge in [0, 0.05) is 68.1 Å². The second-order valence-corrected chi connectivity index (χ2v) is 8.89. The Bertz CT molecular complexity index is 1040. The van der Waals surface area contributed by atoms with Crippen LogP contribution in [0.3, 0.4) is 0 Å². The summed E-state index contributed by atoms with van der Waals surface area (Å²) in [6, 6.07) is 8.71. The number of piperidine rings is 1. The van der Waals surface area contributed by atoms with Gasteiger partial charge in [-0.05, 0) is 25.0 Å². The molecule has 2 saturated heterocycles. The van der Waals surface area contributed by atoms with Gasteiger partial charge in [0.15, 0.2) is 0 Å². The van der Waals surface area contributed by atoms with Crippen molar-refractivity contribution in [2.75, 3.05) is 33.3 Å². The van der Waals surface area contributed by atoms with E-state index in [4.69, 9.17) is 4.74 Å². The second kappa shape index (κ2) is 8.09. The fourth-order valence-electron chi connectivity index (χ4n) is 5.57. The number of carbonyl (C=O) groups excluding carboxylic acids is 1. The number of nitrogens with zero attached hydrogens (tertiary/aromatic N) is 4. The first-order valence-electron chi connectivity index (χ1n) is 10.9. The fraction of sp³-hybridized carbons (Fsp3) is 0.522. The number of aliphatic hydroxyl groups is 1. The van der Waals surface area contributed by atoms with Crippen molar-refractivity contribution in [2.24, 2.45) is 5.92 Å². The lowest BCUT2D eigenvalue weighted by Crippen LogP contribution is -2.53. The number of pyridine rings is 2. The summed E-state index contributed by atoms with van der Waals surface area (Å²) >= 11 is 0. The maximum atomic E-state index is 13.5. The van der Waals surface area contributed by atoms with E-state index in [9.17, 15) is 14.7 Å². The minimum Gasteiger partial charge on any atom is -0.481 e. The van der Waals surface area contributed by atoms with Crippen LogP contribution in [0.4, 0.5) is 0 Å². The highest BCUT2D eigenvalue weighted by molar-refractivity contribution is 5.81. The Hall–Kier alpha value is -2.71. The Morgan fingerprint density at radius 2 is 2.10 bits per heavy atom. The maximum Gasteiger partial charge on any atom is 0.251 e. The van der Waals surface area contributed by atoms with Crippen LogP contribution in [-0.2, 0) is 11.3 Å². The first-order chi connectivity index (χ1) is 15.0. The van der Waals surface area contributed by atoms with E-state index >= 15 is 0 Å². The highest BCUT2D eigenvalue weighted by Crippen LogP contribution is 2.42. The van der Waals surface area contributed by atoms with E-state index in [0.29, 0.717) is 31.9 Å². The minimum atomic E-state index is -0.524. The molecule has 0 unspecified atom stereocenters. The van der Waals surface area contributed by atoms with Crippen molar-refractivity contribution in [1.29, 1.82) is 0 Å². The van der Waals surface area contributed by atoms with Gasteiger partial charge in [-0.3, -0.25) is 19.1 Å². The van der Waals surface area contributed by atoms with Gasteiger partial charge in [0.05, 0.1) is 13.2 Å². The van der Waals surface area contributed by atoms with Crippen molar-refractivity contribution in [1.82, 2.24) is 19.4 Å². The van der Waals surface area contributed by atoms with Gasteiger partial charge in [0.1, 0.15) is 6.04 Å². The quantitative estimate of drug-likeness (QED) is 0.788. The molecule has 164 valence electrons. The van der Waals surface area contributed by atoms with Crippen molar-refractivity contribution in [2.45, 2.75) is 37.5 Å². The first kappa shape index (κ1) is 20.2. The molecule has 8 heteroatoms. The van der Waals surface area contributed by atoms with Crippen molar-refractivity contribution in [3.63, 3.8) is 0 Å². The molecule has 0 aliphatic carbocycles. The number of hydrogen-bond acceptors (Lipinski definition) is 6. The number of ether oxygens (including phenoxy) is 1. The lowest BCUT2D eigenvalue weighted by atomic mass is 9.78. The predicted molar refractivity (Wildman–Crippen MR) is 114 cm³/mol. The Labute approximate surface area is 181 Å². The topological polar surface area (TPSA) is 87.9 Å². The summed E-state index contributed by atoms with van der Waals surface area (Å²) in [7, 11) is 1.62. The Kier molecular flexibility index (Phi) is 5.27. The summed E-state index contributed by atoms with van der Waals surface area (Å²) in [5.41, 5.74) is 1.83. The van der Waals surface area contributed by atoms with Gasteiger partial charge < -0.3 is 14.7 Å². The largest absolute Gasteiger partial charge is 0.481 e. The molecule has 1 amide bonds. The van der Waals surface area contributed by atoms with Crippen molar-refractivity contribution < 1.29 is 14.6 Å². The van der Waals surface area contributed by atoms with Crippen LogP contribution in [0.2, 0.25) is 0 Å². The van der Waals surface area contributed by atoms with Crippen LogP contribution in [0.5, 0.6) is 5.88 Å². The Morgan fingerprint density at radius 3 is 2.87 bits per heavy atom. The predicted octanol–water partition coefficient (Wildman–Crippen LogP) is 1.01. The van der Waals surface area contributed by atoms with E-state index in [0.717, 1.165) is 30.8 Å². The van der Waals surface area contributed by atoms with Crippen LogP contribution < -0.4 is 10.3 Å². The maximum absolute atomic E-state index is 13.5. The summed E-state index contributed by atoms with van der Waals surface area (Å²) in [6.07, 6.45) is 2.72. The average Bonchev–Trinajstić information content (AvgIpc) is 3.21. The number of fused-ring (bicyclic) bond motifs is 4. The van der Waals surface area contributed by atoms with Gasteiger partial charge in [-0.1, -0.05) is 12.1 Å². The van der Waals surface area contributed by atoms with Gasteiger partial charge >= 0.3 is 0 Å². The third-order valence-electron chi connectivity index (χ3n) is 6.89. The van der Waals surface area contributed by atoms with E-state index in [1.54, 1.807) is 34.9 Å². The van der Waals surface area contributed by atoms with Crippen molar-refractivity contribution in [3.8, 4) is 5.88 Å². The van der Waals surface area contributed by atoms with Gasteiger partial charge in [-0.2, -0.15) is 0 Å². The van der Waals surface area contributed by atoms with E-state index in [1.165, 1.54) is 0 Å². The first-order valence-corrected chi connectivity index (χ1v) is 10.9. The lowest BCUT2D eigenvalue weighted by molar-refractivity contribution is -0.137. The molecule has 4 atom stereocenters. The van der Waals surface area contributed by atoms with Crippen LogP contribution in [0.15, 0.2) is 41.3 Å². The molecule has 2 bridgehead atoms. The van der Waals surface area contributed by atoms with Gasteiger partial charge in [0.25, 0.3) is 5.56 Å². The zero-order valence-corrected chi connectivity index (χ0v) is 17.7. The fourth-order valence-corrected chi connectivity index (χ4v) is 5.57. The lowest BCUT2D eigenvalue weighted by Gasteiger charge is -2.47. The van der Waals surface area contributed by atoms with Crippen LogP contribution in [0, 0.1) is 5.92 Å². The molecule has 0 spiro atoms. The molecule has 0 aromatic carbocycles. The highest BCUT2D eigenvalue weighted by atomic mass is 16.5. The molecule has 5 heterocycles. The van der Waals surface area contributed by atoms with Gasteiger partial charge in [-0.15, -0.1) is 0 Å². The number of rotatable bonds is 4. The summed E-state index contributed by atoms with van der Waals surface area (Å²) in [6.45, 7) is 3.12. The summed E-state index contributed by atoms with van der Waals surface area (Å²) < 4.78 is 7.15. The molecule has 5 rings (SSSR count). The van der Waals surface area contributed by atoms with E-state index in [-0.39, 0.29) is 23.3 Å². The zero-order chi connectivity index (χ0) is 21.5. The van der Waals surface area contributed by atoms with Gasteiger partial charge in [0.2, 0.25) is 11.8 Å². The molecule has 2 fully saturated rings. The molecule has 3 aliphatic heterocycles. The molecular formula is C23H28N4O4. The number of aliphatic hydroxyl groups excluding tert-OH is 1. The summed E-state index contributed by atoms with van der Waals surface area (Å²) in [5, 5.41) is 9.94. The number of hydrogen-bond donors (Lipinski definition) is 1. The zero-order valence-electron chi connectivity index (χ0n) is 17.7. The molecule has 2 aromatic heterocycles. The smallest absolute Gasteiger partial charge is 0.251 e. The molecular weight excluding hydrogens is 396 g/mol.